The van der Waals surface area contributed by atoms with Gasteiger partial charge in [-0.05, 0) is 19.1 Å². The third-order valence-corrected chi connectivity index (χ3v) is 2.23. The minimum Gasteiger partial charge on any atom is -0.478 e. The molecule has 0 aromatic carbocycles. The summed E-state index contributed by atoms with van der Waals surface area (Å²) in [7, 11) is 0. The summed E-state index contributed by atoms with van der Waals surface area (Å²) in [6, 6.07) is 5.36. The molecule has 0 saturated heterocycles. The maximum Gasteiger partial charge on any atom is 0.337 e. The van der Waals surface area contributed by atoms with Crippen LogP contribution >= 0.6 is 0 Å². The van der Waals surface area contributed by atoms with Gasteiger partial charge < -0.3 is 5.11 Å². The van der Waals surface area contributed by atoms with Crippen molar-refractivity contribution < 1.29 is 9.90 Å². The largest absolute Gasteiger partial charge is 0.478 e. The molecule has 0 aliphatic rings. The van der Waals surface area contributed by atoms with Crippen molar-refractivity contribution in [2.45, 2.75) is 6.92 Å². The Morgan fingerprint density at radius 3 is 2.62 bits per heavy atom. The van der Waals surface area contributed by atoms with Crippen LogP contribution in [0.15, 0.2) is 36.8 Å². The quantitative estimate of drug-likeness (QED) is 0.831. The summed E-state index contributed by atoms with van der Waals surface area (Å²) in [6.07, 6.45) is 4.66. The number of carbonyl (C=O) groups is 1. The van der Waals surface area contributed by atoms with E-state index in [1.807, 2.05) is 19.1 Å². The molecular formula is C12H10N2O2. The van der Waals surface area contributed by atoms with Crippen LogP contribution in [0.3, 0.4) is 0 Å². The molecule has 2 heterocycles. The van der Waals surface area contributed by atoms with Crippen molar-refractivity contribution in [1.29, 1.82) is 0 Å². The lowest BCUT2D eigenvalue weighted by molar-refractivity contribution is 0.0696. The van der Waals surface area contributed by atoms with E-state index in [0.29, 0.717) is 0 Å². The van der Waals surface area contributed by atoms with Gasteiger partial charge in [0.15, 0.2) is 0 Å². The molecule has 0 fully saturated rings. The van der Waals surface area contributed by atoms with Crippen LogP contribution in [0.25, 0.3) is 11.1 Å². The Hall–Kier alpha value is -2.23. The number of aryl methyl sites for hydroxylation is 1. The molecule has 16 heavy (non-hydrogen) atoms. The second-order valence-electron chi connectivity index (χ2n) is 3.46. The summed E-state index contributed by atoms with van der Waals surface area (Å²) in [6.45, 7) is 1.90. The molecule has 80 valence electrons. The van der Waals surface area contributed by atoms with E-state index in [-0.39, 0.29) is 5.56 Å². The van der Waals surface area contributed by atoms with E-state index in [1.165, 1.54) is 6.20 Å². The first-order valence-corrected chi connectivity index (χ1v) is 4.78. The zero-order valence-electron chi connectivity index (χ0n) is 8.71. The molecule has 2 aromatic heterocycles. The predicted octanol–water partition coefficient (Wildman–Crippen LogP) is 2.15. The van der Waals surface area contributed by atoms with E-state index < -0.39 is 5.97 Å². The van der Waals surface area contributed by atoms with Crippen molar-refractivity contribution in [1.82, 2.24) is 9.97 Å². The molecule has 0 spiro atoms. The second-order valence-corrected chi connectivity index (χ2v) is 3.46. The summed E-state index contributed by atoms with van der Waals surface area (Å²) >= 11 is 0. The first-order valence-electron chi connectivity index (χ1n) is 4.78. The zero-order chi connectivity index (χ0) is 11.5. The second kappa shape index (κ2) is 4.10. The lowest BCUT2D eigenvalue weighted by Gasteiger charge is -2.02. The van der Waals surface area contributed by atoms with Gasteiger partial charge in [0, 0.05) is 35.4 Å². The Balaban J connectivity index is 2.44. The number of aromatic nitrogens is 2. The lowest BCUT2D eigenvalue weighted by atomic mass is 10.1. The van der Waals surface area contributed by atoms with Crippen LogP contribution in [0.4, 0.5) is 0 Å². The Bertz CT molecular complexity index is 521. The molecule has 4 heteroatoms. The highest BCUT2D eigenvalue weighted by molar-refractivity contribution is 5.88. The van der Waals surface area contributed by atoms with Crippen LogP contribution in [-0.2, 0) is 0 Å². The molecule has 0 aliphatic heterocycles. The summed E-state index contributed by atoms with van der Waals surface area (Å²) in [5, 5.41) is 8.84. The molecule has 0 amide bonds. The van der Waals surface area contributed by atoms with E-state index in [1.54, 1.807) is 18.5 Å². The first kappa shape index (κ1) is 10.3. The molecule has 1 N–H and O–H groups in total. The molecule has 4 nitrogen and oxygen atoms in total. The summed E-state index contributed by atoms with van der Waals surface area (Å²) < 4.78 is 0. The Morgan fingerprint density at radius 2 is 2.00 bits per heavy atom. The van der Waals surface area contributed by atoms with E-state index in [9.17, 15) is 4.79 Å². The maximum atomic E-state index is 10.8. The van der Waals surface area contributed by atoms with Gasteiger partial charge in [0.25, 0.3) is 0 Å². The van der Waals surface area contributed by atoms with Crippen molar-refractivity contribution in [3.63, 3.8) is 0 Å². The molecule has 0 bridgehead atoms. The fraction of sp³-hybridized carbons (Fsp3) is 0.0833. The van der Waals surface area contributed by atoms with E-state index in [2.05, 4.69) is 9.97 Å². The molecule has 2 rings (SSSR count). The number of carboxylic acids is 1. The summed E-state index contributed by atoms with van der Waals surface area (Å²) in [4.78, 5) is 18.8. The number of hydrogen-bond acceptors (Lipinski definition) is 3. The van der Waals surface area contributed by atoms with Gasteiger partial charge in [-0.1, -0.05) is 6.07 Å². The van der Waals surface area contributed by atoms with Crippen molar-refractivity contribution in [3.8, 4) is 11.1 Å². The number of rotatable bonds is 2. The van der Waals surface area contributed by atoms with Gasteiger partial charge in [-0.2, -0.15) is 0 Å². The third kappa shape index (κ3) is 2.06. The summed E-state index contributed by atoms with van der Waals surface area (Å²) in [5.41, 5.74) is 2.72. The average Bonchev–Trinajstić information content (AvgIpc) is 2.30. The zero-order valence-corrected chi connectivity index (χ0v) is 8.71. The van der Waals surface area contributed by atoms with E-state index >= 15 is 0 Å². The maximum absolute atomic E-state index is 10.8. The van der Waals surface area contributed by atoms with Gasteiger partial charge in [-0.25, -0.2) is 4.79 Å². The van der Waals surface area contributed by atoms with Gasteiger partial charge >= 0.3 is 5.97 Å². The van der Waals surface area contributed by atoms with Crippen molar-refractivity contribution >= 4 is 5.97 Å². The van der Waals surface area contributed by atoms with Gasteiger partial charge in [-0.3, -0.25) is 9.97 Å². The van der Waals surface area contributed by atoms with E-state index in [4.69, 9.17) is 5.11 Å². The fourth-order valence-electron chi connectivity index (χ4n) is 1.35. The fourth-order valence-corrected chi connectivity index (χ4v) is 1.35. The van der Waals surface area contributed by atoms with Crippen LogP contribution in [0.1, 0.15) is 16.1 Å². The highest BCUT2D eigenvalue weighted by atomic mass is 16.4. The number of nitrogens with zero attached hydrogens (tertiary/aromatic N) is 2. The van der Waals surface area contributed by atoms with Crippen LogP contribution in [0.2, 0.25) is 0 Å². The minimum atomic E-state index is -0.977. The normalized spacial score (nSPS) is 10.1. The molecule has 0 aliphatic carbocycles. The number of carboxylic acid groups (broad SMARTS) is 1. The molecular weight excluding hydrogens is 204 g/mol. The van der Waals surface area contributed by atoms with Gasteiger partial charge in [0.1, 0.15) is 0 Å². The van der Waals surface area contributed by atoms with Crippen LogP contribution in [-0.4, -0.2) is 21.0 Å². The molecule has 2 aromatic rings. The average molecular weight is 214 g/mol. The number of pyridine rings is 2. The van der Waals surface area contributed by atoms with Crippen molar-refractivity contribution in [3.05, 3.63) is 48.0 Å². The lowest BCUT2D eigenvalue weighted by Crippen LogP contribution is -1.97. The summed E-state index contributed by atoms with van der Waals surface area (Å²) in [5.74, 6) is -0.977. The predicted molar refractivity (Wildman–Crippen MR) is 59.2 cm³/mol. The van der Waals surface area contributed by atoms with Crippen LogP contribution in [0, 0.1) is 6.92 Å². The Labute approximate surface area is 92.6 Å². The van der Waals surface area contributed by atoms with Gasteiger partial charge in [0.2, 0.25) is 0 Å². The van der Waals surface area contributed by atoms with E-state index in [0.717, 1.165) is 16.8 Å². The molecule has 0 radical (unpaired) electrons. The topological polar surface area (TPSA) is 63.1 Å². The van der Waals surface area contributed by atoms with Gasteiger partial charge in [0.05, 0.1) is 5.56 Å². The Kier molecular flexibility index (Phi) is 2.64. The Morgan fingerprint density at radius 1 is 1.19 bits per heavy atom. The van der Waals surface area contributed by atoms with Crippen LogP contribution < -0.4 is 0 Å². The highest BCUT2D eigenvalue weighted by Gasteiger charge is 2.05. The SMILES string of the molecule is Cc1ccc(-c2cncc(C(=O)O)c2)cn1. The minimum absolute atomic E-state index is 0.179. The number of hydrogen-bond donors (Lipinski definition) is 1. The molecule has 0 saturated carbocycles. The third-order valence-electron chi connectivity index (χ3n) is 2.23. The monoisotopic (exact) mass is 214 g/mol. The first-order chi connectivity index (χ1) is 7.66. The molecule has 0 unspecified atom stereocenters. The van der Waals surface area contributed by atoms with Crippen molar-refractivity contribution in [2.24, 2.45) is 0 Å². The number of aromatic carboxylic acids is 1. The van der Waals surface area contributed by atoms with Crippen molar-refractivity contribution in [2.75, 3.05) is 0 Å². The van der Waals surface area contributed by atoms with Crippen LogP contribution in [0.5, 0.6) is 0 Å². The smallest absolute Gasteiger partial charge is 0.337 e. The highest BCUT2D eigenvalue weighted by Crippen LogP contribution is 2.18. The van der Waals surface area contributed by atoms with Gasteiger partial charge in [-0.15, -0.1) is 0 Å². The molecule has 0 atom stereocenters. The standard InChI is InChI=1S/C12H10N2O2/c1-8-2-3-9(7-14-8)10-4-11(12(15)16)6-13-5-10/h2-7H,1H3,(H,15,16).